The van der Waals surface area contributed by atoms with Gasteiger partial charge in [0.2, 0.25) is 10.0 Å². The number of piperidine rings is 1. The predicted octanol–water partition coefficient (Wildman–Crippen LogP) is 3.75. The Morgan fingerprint density at radius 2 is 1.64 bits per heavy atom. The van der Waals surface area contributed by atoms with E-state index in [4.69, 9.17) is 9.47 Å². The smallest absolute Gasteiger partial charge is 0.243 e. The number of sulfonamides is 1. The molecule has 152 valence electrons. The van der Waals surface area contributed by atoms with Crippen molar-refractivity contribution in [2.24, 2.45) is 5.92 Å². The lowest BCUT2D eigenvalue weighted by atomic mass is 9.91. The number of aryl methyl sites for hydroxylation is 1. The van der Waals surface area contributed by atoms with Gasteiger partial charge in [-0.2, -0.15) is 4.31 Å². The van der Waals surface area contributed by atoms with Gasteiger partial charge in [0.05, 0.1) is 11.5 Å². The topological polar surface area (TPSA) is 55.8 Å². The maximum Gasteiger partial charge on any atom is 0.243 e. The van der Waals surface area contributed by atoms with Gasteiger partial charge in [-0.1, -0.05) is 30.3 Å². The first-order chi connectivity index (χ1) is 13.6. The van der Waals surface area contributed by atoms with Crippen LogP contribution < -0.4 is 4.74 Å². The summed E-state index contributed by atoms with van der Waals surface area (Å²) in [7, 11) is -1.83. The molecule has 0 spiro atoms. The third-order valence-electron chi connectivity index (χ3n) is 5.28. The van der Waals surface area contributed by atoms with E-state index in [1.54, 1.807) is 35.7 Å². The van der Waals surface area contributed by atoms with E-state index in [2.05, 4.69) is 24.3 Å². The third kappa shape index (κ3) is 5.56. The fourth-order valence-electron chi connectivity index (χ4n) is 3.55. The van der Waals surface area contributed by atoms with Gasteiger partial charge in [0.15, 0.2) is 0 Å². The lowest BCUT2D eigenvalue weighted by Crippen LogP contribution is -2.38. The van der Waals surface area contributed by atoms with Gasteiger partial charge in [0.25, 0.3) is 0 Å². The molecule has 0 radical (unpaired) electrons. The molecule has 1 aliphatic heterocycles. The number of nitrogens with zero attached hydrogens (tertiary/aromatic N) is 1. The molecular weight excluding hydrogens is 374 g/mol. The molecule has 6 heteroatoms. The quantitative estimate of drug-likeness (QED) is 0.599. The summed E-state index contributed by atoms with van der Waals surface area (Å²) < 4.78 is 37.9. The second kappa shape index (κ2) is 10.0. The first-order valence-electron chi connectivity index (χ1n) is 9.85. The van der Waals surface area contributed by atoms with E-state index in [1.165, 1.54) is 5.56 Å². The fraction of sp³-hybridized carbons (Fsp3) is 0.455. The van der Waals surface area contributed by atoms with Crippen LogP contribution in [0.15, 0.2) is 59.5 Å². The summed E-state index contributed by atoms with van der Waals surface area (Å²) in [4.78, 5) is 0.328. The van der Waals surface area contributed by atoms with Crippen molar-refractivity contribution in [3.63, 3.8) is 0 Å². The lowest BCUT2D eigenvalue weighted by molar-refractivity contribution is 0.146. The summed E-state index contributed by atoms with van der Waals surface area (Å²) in [5, 5.41) is 0. The molecule has 0 aliphatic carbocycles. The van der Waals surface area contributed by atoms with Crippen LogP contribution in [-0.4, -0.2) is 46.1 Å². The van der Waals surface area contributed by atoms with E-state index in [0.29, 0.717) is 42.9 Å². The molecule has 1 heterocycles. The fourth-order valence-corrected chi connectivity index (χ4v) is 5.02. The Hall–Kier alpha value is -1.89. The molecule has 2 aromatic rings. The van der Waals surface area contributed by atoms with E-state index >= 15 is 0 Å². The Morgan fingerprint density at radius 1 is 0.964 bits per heavy atom. The molecule has 1 saturated heterocycles. The first-order valence-corrected chi connectivity index (χ1v) is 11.3. The predicted molar refractivity (Wildman–Crippen MR) is 110 cm³/mol. The molecule has 1 fully saturated rings. The Balaban J connectivity index is 1.51. The lowest BCUT2D eigenvalue weighted by Gasteiger charge is -2.31. The number of hydrogen-bond acceptors (Lipinski definition) is 4. The number of ether oxygens (including phenoxy) is 2. The monoisotopic (exact) mass is 403 g/mol. The zero-order valence-electron chi connectivity index (χ0n) is 16.4. The van der Waals surface area contributed by atoms with Crippen LogP contribution in [-0.2, 0) is 21.2 Å². The minimum atomic E-state index is -3.44. The zero-order chi connectivity index (χ0) is 19.8. The van der Waals surface area contributed by atoms with Crippen molar-refractivity contribution >= 4 is 10.0 Å². The van der Waals surface area contributed by atoms with Crippen LogP contribution in [0.2, 0.25) is 0 Å². The van der Waals surface area contributed by atoms with Crippen molar-refractivity contribution < 1.29 is 17.9 Å². The van der Waals surface area contributed by atoms with Crippen LogP contribution in [0.4, 0.5) is 0 Å². The van der Waals surface area contributed by atoms with Gasteiger partial charge in [0.1, 0.15) is 12.4 Å². The molecule has 2 aromatic carbocycles. The highest BCUT2D eigenvalue weighted by atomic mass is 32.2. The van der Waals surface area contributed by atoms with Gasteiger partial charge in [0, 0.05) is 20.2 Å². The molecule has 1 aliphatic rings. The van der Waals surface area contributed by atoms with E-state index in [0.717, 1.165) is 25.7 Å². The summed E-state index contributed by atoms with van der Waals surface area (Å²) in [6.07, 6.45) is 4.02. The SMILES string of the molecule is COCCOc1ccc(S(=O)(=O)N2CCC(CCc3ccccc3)CC2)cc1. The molecule has 0 N–H and O–H groups in total. The van der Waals surface area contributed by atoms with E-state index < -0.39 is 10.0 Å². The second-order valence-electron chi connectivity index (χ2n) is 7.18. The molecule has 28 heavy (non-hydrogen) atoms. The molecule has 5 nitrogen and oxygen atoms in total. The summed E-state index contributed by atoms with van der Waals surface area (Å²) in [6.45, 7) is 2.13. The molecule has 0 saturated carbocycles. The number of benzene rings is 2. The highest BCUT2D eigenvalue weighted by molar-refractivity contribution is 7.89. The average Bonchev–Trinajstić information content (AvgIpc) is 2.74. The zero-order valence-corrected chi connectivity index (χ0v) is 17.2. The average molecular weight is 404 g/mol. The van der Waals surface area contributed by atoms with Crippen LogP contribution in [0.3, 0.4) is 0 Å². The molecule has 0 amide bonds. The summed E-state index contributed by atoms with van der Waals surface area (Å²) in [5.74, 6) is 1.24. The van der Waals surface area contributed by atoms with Crippen LogP contribution in [0, 0.1) is 5.92 Å². The summed E-state index contributed by atoms with van der Waals surface area (Å²) >= 11 is 0. The van der Waals surface area contributed by atoms with Crippen LogP contribution >= 0.6 is 0 Å². The normalized spacial score (nSPS) is 16.2. The highest BCUT2D eigenvalue weighted by Gasteiger charge is 2.29. The van der Waals surface area contributed by atoms with Crippen LogP contribution in [0.5, 0.6) is 5.75 Å². The molecule has 0 atom stereocenters. The standard InChI is InChI=1S/C22H29NO4S/c1-26-17-18-27-21-9-11-22(12-10-21)28(24,25)23-15-13-20(14-16-23)8-7-19-5-3-2-4-6-19/h2-6,9-12,20H,7-8,13-18H2,1H3. The van der Waals surface area contributed by atoms with E-state index in [-0.39, 0.29) is 0 Å². The Morgan fingerprint density at radius 3 is 2.29 bits per heavy atom. The van der Waals surface area contributed by atoms with Crippen molar-refractivity contribution in [1.29, 1.82) is 0 Å². The van der Waals surface area contributed by atoms with E-state index in [9.17, 15) is 8.42 Å². The Bertz CT molecular complexity index is 813. The van der Waals surface area contributed by atoms with Gasteiger partial charge >= 0.3 is 0 Å². The molecule has 0 aromatic heterocycles. The largest absolute Gasteiger partial charge is 0.491 e. The first kappa shape index (κ1) is 20.8. The number of hydrogen-bond donors (Lipinski definition) is 0. The van der Waals surface area contributed by atoms with Gasteiger partial charge in [-0.3, -0.25) is 0 Å². The summed E-state index contributed by atoms with van der Waals surface area (Å²) in [5.41, 5.74) is 1.35. The van der Waals surface area contributed by atoms with E-state index in [1.807, 2.05) is 6.07 Å². The molecule has 3 rings (SSSR count). The molecule has 0 bridgehead atoms. The molecular formula is C22H29NO4S. The Kier molecular flexibility index (Phi) is 7.48. The van der Waals surface area contributed by atoms with Crippen molar-refractivity contribution in [1.82, 2.24) is 4.31 Å². The Labute approximate surface area is 168 Å². The maximum atomic E-state index is 12.9. The van der Waals surface area contributed by atoms with Gasteiger partial charge < -0.3 is 9.47 Å². The minimum absolute atomic E-state index is 0.328. The van der Waals surface area contributed by atoms with Gasteiger partial charge in [-0.05, 0) is 61.4 Å². The molecule has 0 unspecified atom stereocenters. The summed E-state index contributed by atoms with van der Waals surface area (Å²) in [6, 6.07) is 17.1. The third-order valence-corrected chi connectivity index (χ3v) is 7.19. The van der Waals surface area contributed by atoms with Crippen molar-refractivity contribution in [2.75, 3.05) is 33.4 Å². The van der Waals surface area contributed by atoms with Crippen LogP contribution in [0.1, 0.15) is 24.8 Å². The maximum absolute atomic E-state index is 12.9. The van der Waals surface area contributed by atoms with Gasteiger partial charge in [-0.15, -0.1) is 0 Å². The van der Waals surface area contributed by atoms with Gasteiger partial charge in [-0.25, -0.2) is 8.42 Å². The second-order valence-corrected chi connectivity index (χ2v) is 9.12. The van der Waals surface area contributed by atoms with Crippen LogP contribution in [0.25, 0.3) is 0 Å². The van der Waals surface area contributed by atoms with Crippen molar-refractivity contribution in [3.8, 4) is 5.75 Å². The number of methoxy groups -OCH3 is 1. The number of rotatable bonds is 9. The highest BCUT2D eigenvalue weighted by Crippen LogP contribution is 2.27. The van der Waals surface area contributed by atoms with Crippen molar-refractivity contribution in [3.05, 3.63) is 60.2 Å². The van der Waals surface area contributed by atoms with Crippen molar-refractivity contribution in [2.45, 2.75) is 30.6 Å². The minimum Gasteiger partial charge on any atom is -0.491 e.